The van der Waals surface area contributed by atoms with Crippen molar-refractivity contribution in [2.45, 2.75) is 46.1 Å². The third kappa shape index (κ3) is 4.90. The summed E-state index contributed by atoms with van der Waals surface area (Å²) < 4.78 is 5.41. The number of carbonyl (C=O) groups is 1. The van der Waals surface area contributed by atoms with Crippen molar-refractivity contribution in [3.05, 3.63) is 33.9 Å². The Morgan fingerprint density at radius 1 is 1.30 bits per heavy atom. The first-order valence-corrected chi connectivity index (χ1v) is 8.26. The van der Waals surface area contributed by atoms with Crippen LogP contribution < -0.4 is 5.73 Å². The molecule has 1 aliphatic rings. The van der Waals surface area contributed by atoms with Crippen LogP contribution >= 0.6 is 11.6 Å². The summed E-state index contributed by atoms with van der Waals surface area (Å²) in [6.07, 6.45) is 3.58. The lowest BCUT2D eigenvalue weighted by molar-refractivity contribution is 0.0237. The third-order valence-corrected chi connectivity index (χ3v) is 4.09. The number of nitrogens with two attached hydrogens (primary N) is 1. The molecule has 0 atom stereocenters. The normalized spacial score (nSPS) is 15.5. The molecule has 1 heterocycles. The summed E-state index contributed by atoms with van der Waals surface area (Å²) in [5, 5.41) is 0.645. The number of hydrogen-bond donors (Lipinski definition) is 1. The summed E-state index contributed by atoms with van der Waals surface area (Å²) in [6, 6.07) is 3.70. The summed E-state index contributed by atoms with van der Waals surface area (Å²) >= 11 is 6.09. The molecule has 1 amide bonds. The molecule has 0 spiro atoms. The first-order valence-electron chi connectivity index (χ1n) is 7.89. The highest BCUT2D eigenvalue weighted by atomic mass is 35.5. The highest BCUT2D eigenvalue weighted by molar-refractivity contribution is 6.31. The van der Waals surface area contributed by atoms with Gasteiger partial charge in [0.2, 0.25) is 0 Å². The van der Waals surface area contributed by atoms with Gasteiger partial charge in [-0.15, -0.1) is 0 Å². The van der Waals surface area contributed by atoms with Crippen molar-refractivity contribution in [1.82, 2.24) is 4.90 Å². The Morgan fingerprint density at radius 2 is 1.91 bits per heavy atom. The zero-order valence-electron chi connectivity index (χ0n) is 14.3. The predicted molar refractivity (Wildman–Crippen MR) is 95.6 cm³/mol. The van der Waals surface area contributed by atoms with Crippen molar-refractivity contribution in [3.63, 3.8) is 0 Å². The van der Waals surface area contributed by atoms with Gasteiger partial charge in [0.1, 0.15) is 5.60 Å². The number of carbonyl (C=O) groups excluding carboxylic acids is 1. The molecule has 0 saturated carbocycles. The molecule has 0 aliphatic carbocycles. The first-order chi connectivity index (χ1) is 10.7. The molecule has 4 nitrogen and oxygen atoms in total. The van der Waals surface area contributed by atoms with E-state index < -0.39 is 5.60 Å². The number of rotatable bonds is 1. The Bertz CT molecular complexity index is 623. The second-order valence-corrected chi connectivity index (χ2v) is 7.42. The third-order valence-electron chi connectivity index (χ3n) is 3.87. The molecule has 0 unspecified atom stereocenters. The van der Waals surface area contributed by atoms with Gasteiger partial charge < -0.3 is 15.4 Å². The fraction of sp³-hybridized carbons (Fsp3) is 0.500. The van der Waals surface area contributed by atoms with E-state index in [1.807, 2.05) is 33.8 Å². The highest BCUT2D eigenvalue weighted by Gasteiger charge is 2.24. The van der Waals surface area contributed by atoms with Gasteiger partial charge in [-0.05, 0) is 63.8 Å². The molecule has 2 rings (SSSR count). The summed E-state index contributed by atoms with van der Waals surface area (Å²) in [6.45, 7) is 8.99. The van der Waals surface area contributed by atoms with E-state index in [0.717, 1.165) is 24.0 Å². The molecule has 0 radical (unpaired) electrons. The van der Waals surface area contributed by atoms with E-state index in [0.29, 0.717) is 23.8 Å². The van der Waals surface area contributed by atoms with Gasteiger partial charge in [-0.25, -0.2) is 4.79 Å². The number of amides is 1. The monoisotopic (exact) mass is 336 g/mol. The van der Waals surface area contributed by atoms with Crippen LogP contribution in [0.2, 0.25) is 5.02 Å². The van der Waals surface area contributed by atoms with Crippen LogP contribution in [0.5, 0.6) is 0 Å². The van der Waals surface area contributed by atoms with E-state index in [2.05, 4.69) is 6.08 Å². The van der Waals surface area contributed by atoms with E-state index in [4.69, 9.17) is 22.1 Å². The Morgan fingerprint density at radius 3 is 2.48 bits per heavy atom. The number of nitrogens with zero attached hydrogens (tertiary/aromatic N) is 1. The zero-order valence-corrected chi connectivity index (χ0v) is 15.0. The number of benzene rings is 1. The smallest absolute Gasteiger partial charge is 0.410 e. The van der Waals surface area contributed by atoms with Crippen molar-refractivity contribution in [2.75, 3.05) is 18.8 Å². The fourth-order valence-electron chi connectivity index (χ4n) is 2.54. The van der Waals surface area contributed by atoms with E-state index in [1.54, 1.807) is 11.0 Å². The molecule has 1 aromatic rings. The number of nitrogen functional groups attached to an aromatic ring is 1. The molecule has 23 heavy (non-hydrogen) atoms. The van der Waals surface area contributed by atoms with E-state index in [-0.39, 0.29) is 6.09 Å². The Hall–Kier alpha value is -1.68. The standard InChI is InChI=1S/C18H25ClN2O2/c1-12-14(10-15(19)11-16(12)20)9-13-5-7-21(8-6-13)17(22)23-18(2,3)4/h9-11H,5-8,20H2,1-4H3. The van der Waals surface area contributed by atoms with Gasteiger partial charge in [-0.2, -0.15) is 0 Å². The molecular weight excluding hydrogens is 312 g/mol. The van der Waals surface area contributed by atoms with Crippen molar-refractivity contribution >= 4 is 29.5 Å². The molecule has 2 N–H and O–H groups in total. The minimum absolute atomic E-state index is 0.236. The zero-order chi connectivity index (χ0) is 17.2. The summed E-state index contributed by atoms with van der Waals surface area (Å²) in [4.78, 5) is 13.8. The van der Waals surface area contributed by atoms with Crippen LogP contribution in [0.15, 0.2) is 17.7 Å². The number of hydrogen-bond acceptors (Lipinski definition) is 3. The van der Waals surface area contributed by atoms with Crippen LogP contribution in [-0.4, -0.2) is 29.7 Å². The van der Waals surface area contributed by atoms with Crippen LogP contribution in [-0.2, 0) is 4.74 Å². The van der Waals surface area contributed by atoms with Gasteiger partial charge in [0.05, 0.1) is 0 Å². The SMILES string of the molecule is Cc1c(N)cc(Cl)cc1C=C1CCN(C(=O)OC(C)(C)C)CC1. The van der Waals surface area contributed by atoms with Gasteiger partial charge in [-0.1, -0.05) is 23.3 Å². The number of anilines is 1. The minimum Gasteiger partial charge on any atom is -0.444 e. The molecule has 0 aromatic heterocycles. The Balaban J connectivity index is 2.03. The lowest BCUT2D eigenvalue weighted by Gasteiger charge is -2.31. The molecule has 1 aromatic carbocycles. The fourth-order valence-corrected chi connectivity index (χ4v) is 2.77. The van der Waals surface area contributed by atoms with Crippen molar-refractivity contribution < 1.29 is 9.53 Å². The lowest BCUT2D eigenvalue weighted by atomic mass is 9.98. The van der Waals surface area contributed by atoms with E-state index in [1.165, 1.54) is 5.57 Å². The van der Waals surface area contributed by atoms with Crippen LogP contribution in [0, 0.1) is 6.92 Å². The number of likely N-dealkylation sites (tertiary alicyclic amines) is 1. The maximum Gasteiger partial charge on any atom is 0.410 e. The molecule has 126 valence electrons. The molecule has 1 aliphatic heterocycles. The van der Waals surface area contributed by atoms with Gasteiger partial charge in [0.15, 0.2) is 0 Å². The first kappa shape index (κ1) is 17.7. The second-order valence-electron chi connectivity index (χ2n) is 6.98. The van der Waals surface area contributed by atoms with Crippen LogP contribution in [0.25, 0.3) is 6.08 Å². The molecule has 1 saturated heterocycles. The second kappa shape index (κ2) is 6.83. The van der Waals surface area contributed by atoms with Crippen molar-refractivity contribution in [2.24, 2.45) is 0 Å². The van der Waals surface area contributed by atoms with E-state index in [9.17, 15) is 4.79 Å². The summed E-state index contributed by atoms with van der Waals surface area (Å²) in [5.74, 6) is 0. The van der Waals surface area contributed by atoms with Crippen molar-refractivity contribution in [3.8, 4) is 0 Å². The largest absolute Gasteiger partial charge is 0.444 e. The van der Waals surface area contributed by atoms with Gasteiger partial charge >= 0.3 is 6.09 Å². The van der Waals surface area contributed by atoms with Crippen LogP contribution in [0.1, 0.15) is 44.7 Å². The summed E-state index contributed by atoms with van der Waals surface area (Å²) in [5.41, 5.74) is 9.60. The lowest BCUT2D eigenvalue weighted by Crippen LogP contribution is -2.40. The molecule has 5 heteroatoms. The molecule has 1 fully saturated rings. The van der Waals surface area contributed by atoms with Crippen molar-refractivity contribution in [1.29, 1.82) is 0 Å². The van der Waals surface area contributed by atoms with Gasteiger partial charge in [0.25, 0.3) is 0 Å². The van der Waals surface area contributed by atoms with Gasteiger partial charge in [-0.3, -0.25) is 0 Å². The average Bonchev–Trinajstić information content (AvgIpc) is 2.43. The predicted octanol–water partition coefficient (Wildman–Crippen LogP) is 4.64. The topological polar surface area (TPSA) is 55.6 Å². The number of piperidine rings is 1. The Labute approximate surface area is 143 Å². The van der Waals surface area contributed by atoms with E-state index >= 15 is 0 Å². The van der Waals surface area contributed by atoms with Gasteiger partial charge in [0, 0.05) is 23.8 Å². The maximum atomic E-state index is 12.1. The average molecular weight is 337 g/mol. The summed E-state index contributed by atoms with van der Waals surface area (Å²) in [7, 11) is 0. The Kier molecular flexibility index (Phi) is 5.25. The van der Waals surface area contributed by atoms with Crippen LogP contribution in [0.3, 0.4) is 0 Å². The molecular formula is C18H25ClN2O2. The number of halogens is 1. The maximum absolute atomic E-state index is 12.1. The molecule has 0 bridgehead atoms. The van der Waals surface area contributed by atoms with Crippen LogP contribution in [0.4, 0.5) is 10.5 Å². The highest BCUT2D eigenvalue weighted by Crippen LogP contribution is 2.27. The minimum atomic E-state index is -0.456. The quantitative estimate of drug-likeness (QED) is 0.760. The number of ether oxygens (including phenoxy) is 1.